The topological polar surface area (TPSA) is 65.2 Å². The quantitative estimate of drug-likeness (QED) is 0.627. The molecule has 0 atom stereocenters. The van der Waals surface area contributed by atoms with Gasteiger partial charge in [-0.1, -0.05) is 30.3 Å². The average Bonchev–Trinajstić information content (AvgIpc) is 2.46. The normalized spacial score (nSPS) is 10.4. The van der Waals surface area contributed by atoms with Gasteiger partial charge in [0.15, 0.2) is 11.5 Å². The summed E-state index contributed by atoms with van der Waals surface area (Å²) in [7, 11) is 3.72. The van der Waals surface area contributed by atoms with E-state index in [-0.39, 0.29) is 5.69 Å². The Bertz CT molecular complexity index is 641. The maximum atomic E-state index is 9.02. The molecule has 0 spiro atoms. The third kappa shape index (κ3) is 3.62. The number of benzene rings is 1. The largest absolute Gasteiger partial charge is 0.369 e. The molecule has 5 nitrogen and oxygen atoms in total. The Balaban J connectivity index is 2.28. The molecule has 2 aromatic rings. The first-order valence-electron chi connectivity index (χ1n) is 6.19. The maximum absolute atomic E-state index is 9.02. The van der Waals surface area contributed by atoms with Crippen LogP contribution in [0.1, 0.15) is 17.0 Å². The second-order valence-electron chi connectivity index (χ2n) is 4.52. The van der Waals surface area contributed by atoms with E-state index in [1.807, 2.05) is 50.5 Å². The lowest BCUT2D eigenvalue weighted by Gasteiger charge is -2.05. The molecule has 0 N–H and O–H groups in total. The van der Waals surface area contributed by atoms with Crippen LogP contribution in [0.3, 0.4) is 0 Å². The minimum atomic E-state index is 0.236. The highest BCUT2D eigenvalue weighted by molar-refractivity contribution is 5.61. The Kier molecular flexibility index (Phi) is 4.40. The van der Waals surface area contributed by atoms with Crippen molar-refractivity contribution >= 4 is 12.2 Å². The average molecular weight is 265 g/mol. The van der Waals surface area contributed by atoms with Gasteiger partial charge in [0.05, 0.1) is 18.2 Å². The summed E-state index contributed by atoms with van der Waals surface area (Å²) in [5.74, 6) is 0.356. The molecular weight excluding hydrogens is 250 g/mol. The molecule has 0 unspecified atom stereocenters. The van der Waals surface area contributed by atoms with Gasteiger partial charge in [0.2, 0.25) is 0 Å². The highest BCUT2D eigenvalue weighted by Crippen LogP contribution is 2.15. The Labute approximate surface area is 118 Å². The smallest absolute Gasteiger partial charge is 0.190 e. The Morgan fingerprint density at radius 2 is 2.05 bits per heavy atom. The second kappa shape index (κ2) is 6.43. The molecule has 0 fully saturated rings. The highest BCUT2D eigenvalue weighted by atomic mass is 15.1. The summed E-state index contributed by atoms with van der Waals surface area (Å²) < 4.78 is 0. The van der Waals surface area contributed by atoms with E-state index in [2.05, 4.69) is 15.0 Å². The van der Waals surface area contributed by atoms with Crippen molar-refractivity contribution in [2.45, 2.75) is 6.42 Å². The summed E-state index contributed by atoms with van der Waals surface area (Å²) in [6, 6.07) is 12.0. The Morgan fingerprint density at radius 1 is 1.30 bits per heavy atom. The van der Waals surface area contributed by atoms with Crippen LogP contribution >= 0.6 is 0 Å². The van der Waals surface area contributed by atoms with E-state index in [0.717, 1.165) is 11.3 Å². The van der Waals surface area contributed by atoms with Crippen molar-refractivity contribution in [2.75, 3.05) is 14.1 Å². The first-order valence-corrected chi connectivity index (χ1v) is 6.19. The predicted molar refractivity (Wildman–Crippen MR) is 77.8 cm³/mol. The third-order valence-corrected chi connectivity index (χ3v) is 2.55. The van der Waals surface area contributed by atoms with Gasteiger partial charge in [-0.15, -0.1) is 0 Å². The fourth-order valence-electron chi connectivity index (χ4n) is 1.64. The molecule has 0 amide bonds. The molecule has 1 heterocycles. The van der Waals surface area contributed by atoms with Gasteiger partial charge in [-0.2, -0.15) is 5.26 Å². The fraction of sp³-hybridized carbons (Fsp3) is 0.200. The number of aromatic nitrogens is 2. The van der Waals surface area contributed by atoms with E-state index in [1.54, 1.807) is 17.4 Å². The van der Waals surface area contributed by atoms with E-state index in [1.165, 1.54) is 0 Å². The van der Waals surface area contributed by atoms with Gasteiger partial charge >= 0.3 is 0 Å². The van der Waals surface area contributed by atoms with Crippen LogP contribution in [0.5, 0.6) is 0 Å². The summed E-state index contributed by atoms with van der Waals surface area (Å²) in [5.41, 5.74) is 2.18. The number of hydrogen-bond donors (Lipinski definition) is 0. The van der Waals surface area contributed by atoms with Crippen molar-refractivity contribution in [1.82, 2.24) is 14.9 Å². The molecule has 0 bridgehead atoms. The van der Waals surface area contributed by atoms with Gasteiger partial charge in [0.25, 0.3) is 0 Å². The van der Waals surface area contributed by atoms with E-state index in [4.69, 9.17) is 5.26 Å². The number of hydrogen-bond acceptors (Lipinski definition) is 4. The van der Waals surface area contributed by atoms with Gasteiger partial charge in [0, 0.05) is 20.5 Å². The van der Waals surface area contributed by atoms with Crippen molar-refractivity contribution in [3.63, 3.8) is 0 Å². The lowest BCUT2D eigenvalue weighted by molar-refractivity contribution is 0.643. The first kappa shape index (κ1) is 13.7. The monoisotopic (exact) mass is 265 g/mol. The fourth-order valence-corrected chi connectivity index (χ4v) is 1.64. The van der Waals surface area contributed by atoms with Crippen LogP contribution < -0.4 is 0 Å². The molecule has 100 valence electrons. The van der Waals surface area contributed by atoms with Gasteiger partial charge < -0.3 is 4.90 Å². The molecule has 2 rings (SSSR count). The summed E-state index contributed by atoms with van der Waals surface area (Å²) >= 11 is 0. The van der Waals surface area contributed by atoms with Crippen molar-refractivity contribution in [3.8, 4) is 6.07 Å². The van der Waals surface area contributed by atoms with Crippen LogP contribution in [0.25, 0.3) is 0 Å². The number of aliphatic imine (C=N–C) groups is 1. The molecule has 0 aliphatic heterocycles. The van der Waals surface area contributed by atoms with Crippen LogP contribution in [0.4, 0.5) is 5.82 Å². The predicted octanol–water partition coefficient (Wildman–Crippen LogP) is 2.16. The molecule has 1 aromatic heterocycles. The summed E-state index contributed by atoms with van der Waals surface area (Å²) in [6.45, 7) is 0. The van der Waals surface area contributed by atoms with Gasteiger partial charge in [-0.3, -0.25) is 0 Å². The van der Waals surface area contributed by atoms with Crippen molar-refractivity contribution in [1.29, 1.82) is 5.26 Å². The lowest BCUT2D eigenvalue weighted by atomic mass is 10.1. The van der Waals surface area contributed by atoms with Crippen molar-refractivity contribution in [3.05, 3.63) is 53.5 Å². The maximum Gasteiger partial charge on any atom is 0.190 e. The van der Waals surface area contributed by atoms with E-state index < -0.39 is 0 Å². The number of rotatable bonds is 4. The molecular formula is C15H15N5. The van der Waals surface area contributed by atoms with Crippen LogP contribution in [-0.2, 0) is 6.42 Å². The Morgan fingerprint density at radius 3 is 2.70 bits per heavy atom. The van der Waals surface area contributed by atoms with Crippen LogP contribution in [0, 0.1) is 11.3 Å². The number of nitrogens with zero attached hydrogens (tertiary/aromatic N) is 5. The molecule has 0 aliphatic rings. The Hall–Kier alpha value is -2.74. The van der Waals surface area contributed by atoms with Gasteiger partial charge in [-0.25, -0.2) is 15.0 Å². The minimum Gasteiger partial charge on any atom is -0.369 e. The van der Waals surface area contributed by atoms with Gasteiger partial charge in [0.1, 0.15) is 6.07 Å². The molecule has 0 aliphatic carbocycles. The zero-order valence-electron chi connectivity index (χ0n) is 11.5. The summed E-state index contributed by atoms with van der Waals surface area (Å²) in [5, 5.41) is 9.02. The van der Waals surface area contributed by atoms with E-state index >= 15 is 0 Å². The van der Waals surface area contributed by atoms with Gasteiger partial charge in [-0.05, 0) is 5.56 Å². The SMILES string of the molecule is CN(C)C=Nc1nc(Cc2ccccc2)cnc1C#N. The zero-order chi connectivity index (χ0) is 14.4. The molecule has 0 saturated heterocycles. The van der Waals surface area contributed by atoms with Crippen LogP contribution in [-0.4, -0.2) is 35.3 Å². The minimum absolute atomic E-state index is 0.236. The molecule has 5 heteroatoms. The van der Waals surface area contributed by atoms with E-state index in [9.17, 15) is 0 Å². The van der Waals surface area contributed by atoms with Crippen LogP contribution in [0.2, 0.25) is 0 Å². The van der Waals surface area contributed by atoms with Crippen molar-refractivity contribution in [2.24, 2.45) is 4.99 Å². The van der Waals surface area contributed by atoms with E-state index in [0.29, 0.717) is 12.2 Å². The standard InChI is InChI=1S/C15H15N5/c1-20(2)11-18-15-14(9-16)17-10-13(19-15)8-12-6-4-3-5-7-12/h3-7,10-11H,8H2,1-2H3. The molecule has 20 heavy (non-hydrogen) atoms. The van der Waals surface area contributed by atoms with Crippen LogP contribution in [0.15, 0.2) is 41.5 Å². The first-order chi connectivity index (χ1) is 9.69. The zero-order valence-corrected chi connectivity index (χ0v) is 11.5. The second-order valence-corrected chi connectivity index (χ2v) is 4.52. The highest BCUT2D eigenvalue weighted by Gasteiger charge is 2.06. The number of nitriles is 1. The molecule has 1 aromatic carbocycles. The molecule has 0 radical (unpaired) electrons. The molecule has 0 saturated carbocycles. The lowest BCUT2D eigenvalue weighted by Crippen LogP contribution is -2.07. The third-order valence-electron chi connectivity index (χ3n) is 2.55. The summed E-state index contributed by atoms with van der Waals surface area (Å²) in [6.07, 6.45) is 3.90. The van der Waals surface area contributed by atoms with Crippen molar-refractivity contribution < 1.29 is 0 Å². The summed E-state index contributed by atoms with van der Waals surface area (Å²) in [4.78, 5) is 14.5.